The van der Waals surface area contributed by atoms with E-state index in [1.165, 1.54) is 11.1 Å². The average molecular weight is 288 g/mol. The average Bonchev–Trinajstić information content (AvgIpc) is 3.02. The van der Waals surface area contributed by atoms with Gasteiger partial charge in [0.2, 0.25) is 0 Å². The van der Waals surface area contributed by atoms with Gasteiger partial charge in [-0.1, -0.05) is 24.3 Å². The molecule has 1 aliphatic carbocycles. The molecule has 114 valence electrons. The minimum Gasteiger partial charge on any atom is -0.480 e. The maximum Gasteiger partial charge on any atom is 0.323 e. The Bertz CT molecular complexity index is 518. The molecule has 1 heterocycles. The number of nitrogens with zero attached hydrogens (tertiary/aromatic N) is 1. The largest absolute Gasteiger partial charge is 0.480 e. The minimum absolute atomic E-state index is 0.190. The summed E-state index contributed by atoms with van der Waals surface area (Å²) in [4.78, 5) is 14.2. The fourth-order valence-corrected chi connectivity index (χ4v) is 3.89. The molecule has 2 atom stereocenters. The van der Waals surface area contributed by atoms with Gasteiger partial charge in [-0.2, -0.15) is 0 Å². The van der Waals surface area contributed by atoms with Crippen LogP contribution in [0.3, 0.4) is 0 Å². The number of carbonyl (C=O) groups is 1. The topological polar surface area (TPSA) is 52.6 Å². The zero-order valence-corrected chi connectivity index (χ0v) is 12.8. The monoisotopic (exact) mass is 288 g/mol. The predicted molar refractivity (Wildman–Crippen MR) is 82.0 cm³/mol. The molecule has 0 bridgehead atoms. The maximum atomic E-state index is 11.8. The van der Waals surface area contributed by atoms with E-state index in [2.05, 4.69) is 34.5 Å². The molecule has 21 heavy (non-hydrogen) atoms. The number of carboxylic acids is 1. The van der Waals surface area contributed by atoms with Crippen LogP contribution in [0.1, 0.15) is 44.2 Å². The second-order valence-corrected chi connectivity index (χ2v) is 6.76. The van der Waals surface area contributed by atoms with E-state index in [0.717, 1.165) is 25.9 Å². The van der Waals surface area contributed by atoms with Crippen LogP contribution in [-0.4, -0.2) is 33.6 Å². The summed E-state index contributed by atoms with van der Waals surface area (Å²) in [6.45, 7) is 5.95. The Labute approximate surface area is 126 Å². The van der Waals surface area contributed by atoms with E-state index in [4.69, 9.17) is 0 Å². The molecule has 4 nitrogen and oxygen atoms in total. The molecule has 1 fully saturated rings. The number of carboxylic acid groups (broad SMARTS) is 1. The van der Waals surface area contributed by atoms with Crippen molar-refractivity contribution < 1.29 is 9.90 Å². The predicted octanol–water partition coefficient (Wildman–Crippen LogP) is 2.38. The van der Waals surface area contributed by atoms with E-state index in [9.17, 15) is 9.90 Å². The van der Waals surface area contributed by atoms with Crippen molar-refractivity contribution in [3.8, 4) is 0 Å². The summed E-state index contributed by atoms with van der Waals surface area (Å²) in [7, 11) is 0. The van der Waals surface area contributed by atoms with Crippen LogP contribution in [0.15, 0.2) is 24.3 Å². The van der Waals surface area contributed by atoms with Gasteiger partial charge >= 0.3 is 5.97 Å². The van der Waals surface area contributed by atoms with E-state index in [1.54, 1.807) is 0 Å². The Morgan fingerprint density at radius 3 is 2.48 bits per heavy atom. The summed E-state index contributed by atoms with van der Waals surface area (Å²) in [5, 5.41) is 13.0. The van der Waals surface area contributed by atoms with Gasteiger partial charge in [0.05, 0.1) is 0 Å². The zero-order chi connectivity index (χ0) is 15.0. The SMILES string of the molecule is CC(C)NC1(C(=O)O)CCC(N2Cc3ccccc3C2)C1. The van der Waals surface area contributed by atoms with Crippen LogP contribution in [0.5, 0.6) is 0 Å². The number of hydrogen-bond donors (Lipinski definition) is 2. The molecule has 1 aliphatic heterocycles. The lowest BCUT2D eigenvalue weighted by Crippen LogP contribution is -2.53. The highest BCUT2D eigenvalue weighted by Crippen LogP contribution is 2.37. The fourth-order valence-electron chi connectivity index (χ4n) is 3.89. The van der Waals surface area contributed by atoms with E-state index in [1.807, 2.05) is 13.8 Å². The van der Waals surface area contributed by atoms with Gasteiger partial charge in [-0.25, -0.2) is 0 Å². The molecule has 1 aromatic rings. The lowest BCUT2D eigenvalue weighted by Gasteiger charge is -2.30. The van der Waals surface area contributed by atoms with Gasteiger partial charge in [0.25, 0.3) is 0 Å². The molecule has 1 saturated carbocycles. The summed E-state index contributed by atoms with van der Waals surface area (Å²) in [6.07, 6.45) is 2.38. The molecule has 4 heteroatoms. The van der Waals surface area contributed by atoms with Crippen LogP contribution in [0, 0.1) is 0 Å². The third kappa shape index (κ3) is 2.70. The first-order chi connectivity index (χ1) is 10.00. The van der Waals surface area contributed by atoms with Crippen LogP contribution >= 0.6 is 0 Å². The Kier molecular flexibility index (Phi) is 3.76. The molecule has 0 aromatic heterocycles. The molecule has 0 saturated heterocycles. The standard InChI is InChI=1S/C17H24N2O2/c1-12(2)18-17(16(20)21)8-7-15(9-17)19-10-13-5-3-4-6-14(13)11-19/h3-6,12,15,18H,7-11H2,1-2H3,(H,20,21). The number of rotatable bonds is 4. The van der Waals surface area contributed by atoms with Crippen molar-refractivity contribution in [2.75, 3.05) is 0 Å². The van der Waals surface area contributed by atoms with E-state index < -0.39 is 11.5 Å². The Morgan fingerprint density at radius 2 is 1.95 bits per heavy atom. The summed E-state index contributed by atoms with van der Waals surface area (Å²) in [5.41, 5.74) is 2.04. The molecular weight excluding hydrogens is 264 g/mol. The molecule has 0 spiro atoms. The van der Waals surface area contributed by atoms with E-state index >= 15 is 0 Å². The quantitative estimate of drug-likeness (QED) is 0.893. The second-order valence-electron chi connectivity index (χ2n) is 6.76. The van der Waals surface area contributed by atoms with Crippen LogP contribution in [0.4, 0.5) is 0 Å². The number of fused-ring (bicyclic) bond motifs is 1. The number of hydrogen-bond acceptors (Lipinski definition) is 3. The van der Waals surface area contributed by atoms with Crippen molar-refractivity contribution in [2.45, 2.75) is 63.8 Å². The van der Waals surface area contributed by atoms with E-state index in [-0.39, 0.29) is 6.04 Å². The van der Waals surface area contributed by atoms with Crippen molar-refractivity contribution in [1.29, 1.82) is 0 Å². The lowest BCUT2D eigenvalue weighted by molar-refractivity contribution is -0.145. The molecule has 0 radical (unpaired) electrons. The molecule has 1 aromatic carbocycles. The summed E-state index contributed by atoms with van der Waals surface area (Å²) < 4.78 is 0. The van der Waals surface area contributed by atoms with Gasteiger partial charge in [0.1, 0.15) is 5.54 Å². The number of aliphatic carboxylic acids is 1. The van der Waals surface area contributed by atoms with Gasteiger partial charge in [0, 0.05) is 25.2 Å². The third-order valence-electron chi connectivity index (χ3n) is 4.84. The Balaban J connectivity index is 1.71. The van der Waals surface area contributed by atoms with Crippen molar-refractivity contribution in [2.24, 2.45) is 0 Å². The number of benzene rings is 1. The van der Waals surface area contributed by atoms with Crippen LogP contribution in [0.2, 0.25) is 0 Å². The maximum absolute atomic E-state index is 11.8. The fraction of sp³-hybridized carbons (Fsp3) is 0.588. The molecule has 0 amide bonds. The second kappa shape index (κ2) is 5.43. The summed E-state index contributed by atoms with van der Waals surface area (Å²) in [5.74, 6) is -0.699. The first kappa shape index (κ1) is 14.5. The first-order valence-electron chi connectivity index (χ1n) is 7.82. The highest BCUT2D eigenvalue weighted by Gasteiger charge is 2.47. The van der Waals surface area contributed by atoms with Crippen molar-refractivity contribution in [3.05, 3.63) is 35.4 Å². The van der Waals surface area contributed by atoms with Crippen LogP contribution in [-0.2, 0) is 17.9 Å². The first-order valence-corrected chi connectivity index (χ1v) is 7.82. The highest BCUT2D eigenvalue weighted by molar-refractivity contribution is 5.79. The number of nitrogens with one attached hydrogen (secondary N) is 1. The summed E-state index contributed by atoms with van der Waals surface area (Å²) >= 11 is 0. The molecule has 2 unspecified atom stereocenters. The highest BCUT2D eigenvalue weighted by atomic mass is 16.4. The van der Waals surface area contributed by atoms with Crippen molar-refractivity contribution in [1.82, 2.24) is 10.2 Å². The van der Waals surface area contributed by atoms with Gasteiger partial charge in [-0.15, -0.1) is 0 Å². The molecular formula is C17H24N2O2. The third-order valence-corrected chi connectivity index (χ3v) is 4.84. The summed E-state index contributed by atoms with van der Waals surface area (Å²) in [6, 6.07) is 9.08. The Morgan fingerprint density at radius 1 is 1.33 bits per heavy atom. The smallest absolute Gasteiger partial charge is 0.323 e. The van der Waals surface area contributed by atoms with Crippen molar-refractivity contribution in [3.63, 3.8) is 0 Å². The lowest BCUT2D eigenvalue weighted by atomic mass is 9.96. The molecule has 2 aliphatic rings. The Hall–Kier alpha value is -1.39. The minimum atomic E-state index is -0.742. The zero-order valence-electron chi connectivity index (χ0n) is 12.8. The van der Waals surface area contributed by atoms with Gasteiger partial charge < -0.3 is 5.11 Å². The van der Waals surface area contributed by atoms with E-state index in [0.29, 0.717) is 12.5 Å². The van der Waals surface area contributed by atoms with Gasteiger partial charge in [0.15, 0.2) is 0 Å². The van der Waals surface area contributed by atoms with Gasteiger partial charge in [-0.05, 0) is 44.2 Å². The molecule has 2 N–H and O–H groups in total. The normalized spacial score (nSPS) is 29.0. The van der Waals surface area contributed by atoms with Gasteiger partial charge in [-0.3, -0.25) is 15.0 Å². The van der Waals surface area contributed by atoms with Crippen LogP contribution < -0.4 is 5.32 Å². The van der Waals surface area contributed by atoms with Crippen molar-refractivity contribution >= 4 is 5.97 Å². The van der Waals surface area contributed by atoms with Crippen LogP contribution in [0.25, 0.3) is 0 Å². The molecule has 3 rings (SSSR count).